The summed E-state index contributed by atoms with van der Waals surface area (Å²) in [7, 11) is -3.21. The van der Waals surface area contributed by atoms with Gasteiger partial charge in [-0.25, -0.2) is 17.7 Å². The molecular weight excluding hydrogens is 384 g/mol. The molecule has 3 unspecified atom stereocenters. The highest BCUT2D eigenvalue weighted by Crippen LogP contribution is 2.48. The Morgan fingerprint density at radius 3 is 2.74 bits per heavy atom. The highest BCUT2D eigenvalue weighted by Gasteiger charge is 2.59. The Morgan fingerprint density at radius 2 is 2.15 bits per heavy atom. The van der Waals surface area contributed by atoms with Gasteiger partial charge in [0.1, 0.15) is 0 Å². The largest absolute Gasteiger partial charge is 0.338 e. The summed E-state index contributed by atoms with van der Waals surface area (Å²) in [6.45, 7) is 7.14. The van der Waals surface area contributed by atoms with Crippen LogP contribution in [0.25, 0.3) is 0 Å². The smallest absolute Gasteiger partial charge is 0.219 e. The van der Waals surface area contributed by atoms with Crippen LogP contribution in [0.5, 0.6) is 0 Å². The lowest BCUT2D eigenvalue weighted by atomic mass is 9.76. The Labute approximate surface area is 165 Å². The van der Waals surface area contributed by atoms with E-state index >= 15 is 0 Å². The van der Waals surface area contributed by atoms with Gasteiger partial charge in [-0.2, -0.15) is 0 Å². The van der Waals surface area contributed by atoms with Gasteiger partial charge in [0.2, 0.25) is 15.9 Å². The van der Waals surface area contributed by atoms with E-state index in [0.29, 0.717) is 19.6 Å². The minimum Gasteiger partial charge on any atom is -0.338 e. The minimum absolute atomic E-state index is 0.103. The molecule has 0 bridgehead atoms. The predicted molar refractivity (Wildman–Crippen MR) is 105 cm³/mol. The summed E-state index contributed by atoms with van der Waals surface area (Å²) in [5, 5.41) is 3.18. The van der Waals surface area contributed by atoms with Crippen LogP contribution in [0.2, 0.25) is 0 Å². The lowest BCUT2D eigenvalue weighted by molar-refractivity contribution is -0.130. The quantitative estimate of drug-likeness (QED) is 0.748. The molecule has 0 aromatic carbocycles. The standard InChI is InChI=1S/C18H28N4O3S2/c1-13-19-15(10-26-13)9-20-7-4-5-16-17(20)18(12-22(16)14(2)23)6-8-21(11-18)27(3,24)25/h10,16-17H,4-9,11-12H2,1-3H3. The van der Waals surface area contributed by atoms with E-state index in [9.17, 15) is 13.2 Å². The van der Waals surface area contributed by atoms with Gasteiger partial charge in [0, 0.05) is 56.0 Å². The summed E-state index contributed by atoms with van der Waals surface area (Å²) in [4.78, 5) is 21.5. The molecule has 1 spiro atoms. The van der Waals surface area contributed by atoms with Crippen LogP contribution in [-0.2, 0) is 21.4 Å². The minimum atomic E-state index is -3.21. The molecule has 9 heteroatoms. The number of likely N-dealkylation sites (tertiary alicyclic amines) is 2. The van der Waals surface area contributed by atoms with Crippen molar-refractivity contribution in [3.05, 3.63) is 16.1 Å². The maximum absolute atomic E-state index is 12.4. The summed E-state index contributed by atoms with van der Waals surface area (Å²) in [5.41, 5.74) is 0.901. The van der Waals surface area contributed by atoms with Crippen LogP contribution in [0, 0.1) is 12.3 Å². The Balaban J connectivity index is 1.66. The third-order valence-electron chi connectivity index (χ3n) is 6.47. The van der Waals surface area contributed by atoms with E-state index in [2.05, 4.69) is 15.3 Å². The molecule has 4 heterocycles. The van der Waals surface area contributed by atoms with Crippen molar-refractivity contribution < 1.29 is 13.2 Å². The van der Waals surface area contributed by atoms with Crippen LogP contribution in [0.1, 0.15) is 36.9 Å². The van der Waals surface area contributed by atoms with E-state index in [0.717, 1.165) is 43.1 Å². The van der Waals surface area contributed by atoms with Crippen LogP contribution >= 0.6 is 11.3 Å². The predicted octanol–water partition coefficient (Wildman–Crippen LogP) is 1.30. The van der Waals surface area contributed by atoms with Crippen LogP contribution in [0.4, 0.5) is 0 Å². The molecule has 3 aliphatic heterocycles. The zero-order valence-corrected chi connectivity index (χ0v) is 17.9. The number of thiazole rings is 1. The molecule has 0 radical (unpaired) electrons. The molecule has 150 valence electrons. The van der Waals surface area contributed by atoms with E-state index in [1.165, 1.54) is 6.26 Å². The van der Waals surface area contributed by atoms with Gasteiger partial charge in [0.25, 0.3) is 0 Å². The number of carbonyl (C=O) groups is 1. The van der Waals surface area contributed by atoms with Crippen LogP contribution in [0.3, 0.4) is 0 Å². The maximum atomic E-state index is 12.4. The molecule has 1 amide bonds. The average Bonchev–Trinajstić information content (AvgIpc) is 3.27. The number of aryl methyl sites for hydroxylation is 1. The number of sulfonamides is 1. The molecule has 1 aromatic heterocycles. The van der Waals surface area contributed by atoms with Crippen LogP contribution < -0.4 is 0 Å². The normalized spacial score (nSPS) is 32.3. The van der Waals surface area contributed by atoms with Crippen molar-refractivity contribution in [2.24, 2.45) is 5.41 Å². The van der Waals surface area contributed by atoms with E-state index in [4.69, 9.17) is 0 Å². The Morgan fingerprint density at radius 1 is 1.37 bits per heavy atom. The molecule has 3 aliphatic rings. The van der Waals surface area contributed by atoms with Gasteiger partial charge in [-0.05, 0) is 32.7 Å². The molecule has 4 rings (SSSR count). The Kier molecular flexibility index (Phi) is 4.85. The van der Waals surface area contributed by atoms with Gasteiger partial charge in [-0.15, -0.1) is 11.3 Å². The van der Waals surface area contributed by atoms with Gasteiger partial charge in [0.05, 0.1) is 17.0 Å². The van der Waals surface area contributed by atoms with E-state index < -0.39 is 10.0 Å². The van der Waals surface area contributed by atoms with Crippen molar-refractivity contribution in [2.45, 2.75) is 51.7 Å². The van der Waals surface area contributed by atoms with Gasteiger partial charge in [-0.1, -0.05) is 0 Å². The number of piperidine rings is 1. The summed E-state index contributed by atoms with van der Waals surface area (Å²) in [6.07, 6.45) is 4.16. The molecule has 0 N–H and O–H groups in total. The van der Waals surface area contributed by atoms with E-state index in [1.54, 1.807) is 22.6 Å². The first-order chi connectivity index (χ1) is 12.7. The second-order valence-corrected chi connectivity index (χ2v) is 11.4. The molecule has 0 aliphatic carbocycles. The van der Waals surface area contributed by atoms with Gasteiger partial charge < -0.3 is 4.90 Å². The lowest BCUT2D eigenvalue weighted by Crippen LogP contribution is -2.55. The second-order valence-electron chi connectivity index (χ2n) is 8.34. The number of hydrogen-bond donors (Lipinski definition) is 0. The summed E-state index contributed by atoms with van der Waals surface area (Å²) >= 11 is 1.66. The van der Waals surface area contributed by atoms with Gasteiger partial charge in [-0.3, -0.25) is 9.69 Å². The number of rotatable bonds is 3. The molecule has 3 atom stereocenters. The lowest BCUT2D eigenvalue weighted by Gasteiger charge is -2.44. The van der Waals surface area contributed by atoms with Crippen molar-refractivity contribution in [3.8, 4) is 0 Å². The topological polar surface area (TPSA) is 73.8 Å². The van der Waals surface area contributed by atoms with E-state index in [-0.39, 0.29) is 23.4 Å². The first kappa shape index (κ1) is 19.3. The molecule has 0 saturated carbocycles. The highest BCUT2D eigenvalue weighted by atomic mass is 32.2. The summed E-state index contributed by atoms with van der Waals surface area (Å²) in [6, 6.07) is 0.374. The SMILES string of the molecule is CC(=O)N1CC2(CCN(S(C)(=O)=O)C2)C2C1CCCN2Cc1csc(C)n1. The number of nitrogens with zero attached hydrogens (tertiary/aromatic N) is 4. The fraction of sp³-hybridized carbons (Fsp3) is 0.778. The van der Waals surface area contributed by atoms with Crippen molar-refractivity contribution in [1.82, 2.24) is 19.1 Å². The highest BCUT2D eigenvalue weighted by molar-refractivity contribution is 7.88. The molecule has 3 fully saturated rings. The second kappa shape index (κ2) is 6.79. The third kappa shape index (κ3) is 3.43. The first-order valence-corrected chi connectivity index (χ1v) is 12.3. The van der Waals surface area contributed by atoms with Gasteiger partial charge >= 0.3 is 0 Å². The summed E-state index contributed by atoms with van der Waals surface area (Å²) < 4.78 is 25.9. The van der Waals surface area contributed by atoms with Crippen molar-refractivity contribution in [2.75, 3.05) is 32.4 Å². The number of hydrogen-bond acceptors (Lipinski definition) is 6. The van der Waals surface area contributed by atoms with Crippen molar-refractivity contribution >= 4 is 27.3 Å². The van der Waals surface area contributed by atoms with Crippen LogP contribution in [-0.4, -0.2) is 77.9 Å². The molecular formula is C18H28N4O3S2. The first-order valence-electron chi connectivity index (χ1n) is 9.57. The maximum Gasteiger partial charge on any atom is 0.219 e. The molecule has 27 heavy (non-hydrogen) atoms. The molecule has 3 saturated heterocycles. The zero-order chi connectivity index (χ0) is 19.4. The monoisotopic (exact) mass is 412 g/mol. The number of amides is 1. The third-order valence-corrected chi connectivity index (χ3v) is 8.54. The zero-order valence-electron chi connectivity index (χ0n) is 16.2. The fourth-order valence-corrected chi connectivity index (χ4v) is 6.96. The molecule has 1 aromatic rings. The van der Waals surface area contributed by atoms with Crippen molar-refractivity contribution in [1.29, 1.82) is 0 Å². The average molecular weight is 413 g/mol. The Hall–Kier alpha value is -1.03. The van der Waals surface area contributed by atoms with E-state index in [1.807, 2.05) is 11.8 Å². The fourth-order valence-electron chi connectivity index (χ4n) is 5.44. The number of aromatic nitrogens is 1. The number of fused-ring (bicyclic) bond motifs is 2. The summed E-state index contributed by atoms with van der Waals surface area (Å²) in [5.74, 6) is 0.103. The molecule has 7 nitrogen and oxygen atoms in total. The van der Waals surface area contributed by atoms with Crippen molar-refractivity contribution in [3.63, 3.8) is 0 Å². The number of carbonyl (C=O) groups excluding carboxylic acids is 1. The van der Waals surface area contributed by atoms with Crippen LogP contribution in [0.15, 0.2) is 5.38 Å². The Bertz CT molecular complexity index is 839. The van der Waals surface area contributed by atoms with Gasteiger partial charge in [0.15, 0.2) is 0 Å².